The molecule has 7 heteroatoms. The Morgan fingerprint density at radius 3 is 2.37 bits per heavy atom. The minimum Gasteiger partial charge on any atom is -0.491 e. The molecule has 0 heterocycles. The quantitative estimate of drug-likeness (QED) is 0.581. The third-order valence-electron chi connectivity index (χ3n) is 4.59. The van der Waals surface area contributed by atoms with Gasteiger partial charge < -0.3 is 10.1 Å². The van der Waals surface area contributed by atoms with E-state index < -0.39 is 16.1 Å². The maximum atomic E-state index is 12.6. The standard InChI is InChI=1S/C23H32N2O4S/c1-17(2)29-22-10-6-8-20(16-22)9-7-15-24-23(26)19(4)25(30(5,27)28)21-13-11-18(3)12-14-21/h6,8,10-14,16-17,19H,7,9,15H2,1-5H3,(H,24,26). The second-order valence-electron chi connectivity index (χ2n) is 7.78. The Morgan fingerprint density at radius 1 is 1.10 bits per heavy atom. The summed E-state index contributed by atoms with van der Waals surface area (Å²) in [6.07, 6.45) is 2.76. The van der Waals surface area contributed by atoms with E-state index in [1.807, 2.05) is 57.2 Å². The molecule has 30 heavy (non-hydrogen) atoms. The molecule has 0 radical (unpaired) electrons. The first-order valence-corrected chi connectivity index (χ1v) is 12.0. The number of hydrogen-bond acceptors (Lipinski definition) is 4. The fourth-order valence-corrected chi connectivity index (χ4v) is 4.37. The minimum atomic E-state index is -3.60. The van der Waals surface area contributed by atoms with E-state index in [1.54, 1.807) is 19.1 Å². The fourth-order valence-electron chi connectivity index (χ4n) is 3.20. The summed E-state index contributed by atoms with van der Waals surface area (Å²) in [7, 11) is -3.60. The molecular weight excluding hydrogens is 400 g/mol. The lowest BCUT2D eigenvalue weighted by Crippen LogP contribution is -2.48. The molecule has 0 aliphatic heterocycles. The third kappa shape index (κ3) is 7.06. The average Bonchev–Trinajstić information content (AvgIpc) is 2.65. The Labute approximate surface area is 180 Å². The van der Waals surface area contributed by atoms with E-state index in [1.165, 1.54) is 0 Å². The highest BCUT2D eigenvalue weighted by Crippen LogP contribution is 2.21. The Bertz CT molecular complexity index is 940. The number of carbonyl (C=O) groups excluding carboxylic acids is 1. The van der Waals surface area contributed by atoms with E-state index in [-0.39, 0.29) is 12.0 Å². The Balaban J connectivity index is 1.93. The molecule has 2 aromatic rings. The molecule has 1 atom stereocenters. The van der Waals surface area contributed by atoms with Crippen molar-refractivity contribution in [3.8, 4) is 5.75 Å². The lowest BCUT2D eigenvalue weighted by Gasteiger charge is -2.28. The second kappa shape index (κ2) is 10.5. The van der Waals surface area contributed by atoms with Crippen LogP contribution in [-0.2, 0) is 21.2 Å². The molecule has 0 bridgehead atoms. The van der Waals surface area contributed by atoms with E-state index in [9.17, 15) is 13.2 Å². The third-order valence-corrected chi connectivity index (χ3v) is 5.83. The monoisotopic (exact) mass is 432 g/mol. The summed E-state index contributed by atoms with van der Waals surface area (Å²) in [6.45, 7) is 7.96. The van der Waals surface area contributed by atoms with Crippen molar-refractivity contribution in [2.75, 3.05) is 17.1 Å². The van der Waals surface area contributed by atoms with Gasteiger partial charge in [-0.3, -0.25) is 9.10 Å². The van der Waals surface area contributed by atoms with Gasteiger partial charge >= 0.3 is 0 Å². The zero-order valence-corrected chi connectivity index (χ0v) is 19.2. The predicted molar refractivity (Wildman–Crippen MR) is 122 cm³/mol. The molecule has 0 saturated carbocycles. The van der Waals surface area contributed by atoms with E-state index in [4.69, 9.17) is 4.74 Å². The van der Waals surface area contributed by atoms with Crippen molar-refractivity contribution in [1.82, 2.24) is 5.32 Å². The van der Waals surface area contributed by atoms with Crippen LogP contribution in [0.1, 0.15) is 38.3 Å². The highest BCUT2D eigenvalue weighted by atomic mass is 32.2. The van der Waals surface area contributed by atoms with Gasteiger partial charge in [0.2, 0.25) is 15.9 Å². The maximum absolute atomic E-state index is 12.6. The van der Waals surface area contributed by atoms with Gasteiger partial charge in [-0.05, 0) is 70.4 Å². The van der Waals surface area contributed by atoms with Crippen LogP contribution in [0.4, 0.5) is 5.69 Å². The molecule has 1 N–H and O–H groups in total. The number of carbonyl (C=O) groups is 1. The fraction of sp³-hybridized carbons (Fsp3) is 0.435. The molecule has 1 amide bonds. The molecule has 0 saturated heterocycles. The summed E-state index contributed by atoms with van der Waals surface area (Å²) < 4.78 is 31.5. The van der Waals surface area contributed by atoms with E-state index in [0.717, 1.165) is 40.3 Å². The van der Waals surface area contributed by atoms with Gasteiger partial charge in [0.05, 0.1) is 18.0 Å². The number of amides is 1. The van der Waals surface area contributed by atoms with E-state index in [2.05, 4.69) is 5.32 Å². The van der Waals surface area contributed by atoms with Crippen LogP contribution in [-0.4, -0.2) is 39.3 Å². The van der Waals surface area contributed by atoms with Gasteiger partial charge in [0.1, 0.15) is 11.8 Å². The second-order valence-corrected chi connectivity index (χ2v) is 9.64. The number of aryl methyl sites for hydroxylation is 2. The largest absolute Gasteiger partial charge is 0.491 e. The van der Waals surface area contributed by atoms with Crippen LogP contribution in [0.15, 0.2) is 48.5 Å². The minimum absolute atomic E-state index is 0.118. The predicted octanol–water partition coefficient (Wildman–Crippen LogP) is 3.69. The SMILES string of the molecule is Cc1ccc(N(C(C)C(=O)NCCCc2cccc(OC(C)C)c2)S(C)(=O)=O)cc1. The lowest BCUT2D eigenvalue weighted by molar-refractivity contribution is -0.121. The van der Waals surface area contributed by atoms with Gasteiger partial charge in [-0.1, -0.05) is 29.8 Å². The zero-order chi connectivity index (χ0) is 22.3. The van der Waals surface area contributed by atoms with Crippen molar-refractivity contribution in [3.63, 3.8) is 0 Å². The van der Waals surface area contributed by atoms with Crippen molar-refractivity contribution in [3.05, 3.63) is 59.7 Å². The summed E-state index contributed by atoms with van der Waals surface area (Å²) >= 11 is 0. The van der Waals surface area contributed by atoms with Crippen LogP contribution in [0.2, 0.25) is 0 Å². The molecular formula is C23H32N2O4S. The lowest BCUT2D eigenvalue weighted by atomic mass is 10.1. The van der Waals surface area contributed by atoms with E-state index in [0.29, 0.717) is 12.2 Å². The molecule has 0 aliphatic carbocycles. The van der Waals surface area contributed by atoms with E-state index >= 15 is 0 Å². The molecule has 0 spiro atoms. The summed E-state index contributed by atoms with van der Waals surface area (Å²) in [6, 6.07) is 14.2. The first-order chi connectivity index (χ1) is 14.1. The Kier molecular flexibility index (Phi) is 8.29. The molecule has 1 unspecified atom stereocenters. The summed E-state index contributed by atoms with van der Waals surface area (Å²) in [4.78, 5) is 12.6. The maximum Gasteiger partial charge on any atom is 0.243 e. The molecule has 0 aliphatic rings. The van der Waals surface area contributed by atoms with Crippen molar-refractivity contribution in [2.45, 2.75) is 52.7 Å². The van der Waals surface area contributed by atoms with Crippen LogP contribution in [0.25, 0.3) is 0 Å². The number of hydrogen-bond donors (Lipinski definition) is 1. The van der Waals surface area contributed by atoms with Crippen LogP contribution in [0.5, 0.6) is 5.75 Å². The van der Waals surface area contributed by atoms with Gasteiger partial charge in [-0.2, -0.15) is 0 Å². The number of nitrogens with one attached hydrogen (secondary N) is 1. The number of sulfonamides is 1. The zero-order valence-electron chi connectivity index (χ0n) is 18.4. The van der Waals surface area contributed by atoms with Gasteiger partial charge in [-0.15, -0.1) is 0 Å². The van der Waals surface area contributed by atoms with Crippen LogP contribution < -0.4 is 14.4 Å². The van der Waals surface area contributed by atoms with Crippen LogP contribution in [0, 0.1) is 6.92 Å². The molecule has 6 nitrogen and oxygen atoms in total. The molecule has 164 valence electrons. The Hall–Kier alpha value is -2.54. The Morgan fingerprint density at radius 2 is 1.77 bits per heavy atom. The highest BCUT2D eigenvalue weighted by molar-refractivity contribution is 7.92. The molecule has 2 rings (SSSR count). The van der Waals surface area contributed by atoms with Crippen molar-refractivity contribution >= 4 is 21.6 Å². The van der Waals surface area contributed by atoms with Gasteiger partial charge in [0.25, 0.3) is 0 Å². The van der Waals surface area contributed by atoms with Crippen molar-refractivity contribution < 1.29 is 17.9 Å². The average molecular weight is 433 g/mol. The van der Waals surface area contributed by atoms with Gasteiger partial charge in [0, 0.05) is 6.54 Å². The topological polar surface area (TPSA) is 75.7 Å². The summed E-state index contributed by atoms with van der Waals surface area (Å²) in [5.41, 5.74) is 2.63. The number of ether oxygens (including phenoxy) is 1. The first kappa shape index (κ1) is 23.7. The van der Waals surface area contributed by atoms with Gasteiger partial charge in [-0.25, -0.2) is 8.42 Å². The highest BCUT2D eigenvalue weighted by Gasteiger charge is 2.28. The number of nitrogens with zero attached hydrogens (tertiary/aromatic N) is 1. The molecule has 0 aromatic heterocycles. The molecule has 0 fully saturated rings. The smallest absolute Gasteiger partial charge is 0.243 e. The van der Waals surface area contributed by atoms with Crippen LogP contribution >= 0.6 is 0 Å². The first-order valence-electron chi connectivity index (χ1n) is 10.2. The summed E-state index contributed by atoms with van der Waals surface area (Å²) in [5.74, 6) is 0.514. The number of benzene rings is 2. The normalized spacial score (nSPS) is 12.5. The number of rotatable bonds is 10. The number of anilines is 1. The molecule has 2 aromatic carbocycles. The van der Waals surface area contributed by atoms with Crippen molar-refractivity contribution in [1.29, 1.82) is 0 Å². The van der Waals surface area contributed by atoms with Crippen LogP contribution in [0.3, 0.4) is 0 Å². The van der Waals surface area contributed by atoms with Crippen molar-refractivity contribution in [2.24, 2.45) is 0 Å². The summed E-state index contributed by atoms with van der Waals surface area (Å²) in [5, 5.41) is 2.86. The van der Waals surface area contributed by atoms with Gasteiger partial charge in [0.15, 0.2) is 0 Å².